The Kier molecular flexibility index (Phi) is 3.82. The van der Waals surface area contributed by atoms with Crippen LogP contribution in [0.15, 0.2) is 18.2 Å². The Bertz CT molecular complexity index is 399. The van der Waals surface area contributed by atoms with Crippen LogP contribution in [0.5, 0.6) is 5.75 Å². The highest BCUT2D eigenvalue weighted by molar-refractivity contribution is 5.23. The maximum atomic E-state index is 12.9. The summed E-state index contributed by atoms with van der Waals surface area (Å²) in [6.07, 6.45) is 2.26. The molecule has 0 aliphatic heterocycles. The van der Waals surface area contributed by atoms with Gasteiger partial charge in [0, 0.05) is 30.8 Å². The van der Waals surface area contributed by atoms with Gasteiger partial charge < -0.3 is 15.2 Å². The second kappa shape index (κ2) is 5.20. The van der Waals surface area contributed by atoms with E-state index in [0.717, 1.165) is 31.0 Å². The standard InChI is InChI=1S/C13H17F2NO2/c1-13(17,7-16-11-2-3-11)8-18-12-5-9(14)4-10(15)6-12/h4-6,11,16-17H,2-3,7-8H2,1H3. The summed E-state index contributed by atoms with van der Waals surface area (Å²) in [7, 11) is 0. The van der Waals surface area contributed by atoms with Gasteiger partial charge in [0.15, 0.2) is 0 Å². The zero-order chi connectivity index (χ0) is 13.2. The smallest absolute Gasteiger partial charge is 0.129 e. The lowest BCUT2D eigenvalue weighted by atomic mass is 10.1. The molecule has 1 aromatic carbocycles. The molecule has 0 bridgehead atoms. The second-order valence-corrected chi connectivity index (χ2v) is 5.05. The Morgan fingerprint density at radius 3 is 2.50 bits per heavy atom. The number of benzene rings is 1. The molecular weight excluding hydrogens is 240 g/mol. The first-order chi connectivity index (χ1) is 8.44. The van der Waals surface area contributed by atoms with E-state index in [4.69, 9.17) is 4.74 Å². The molecule has 0 amide bonds. The molecule has 0 spiro atoms. The molecule has 2 rings (SSSR count). The van der Waals surface area contributed by atoms with E-state index in [1.807, 2.05) is 0 Å². The summed E-state index contributed by atoms with van der Waals surface area (Å²) < 4.78 is 31.0. The minimum absolute atomic E-state index is 0.0182. The first kappa shape index (κ1) is 13.2. The van der Waals surface area contributed by atoms with Crippen LogP contribution >= 0.6 is 0 Å². The largest absolute Gasteiger partial charge is 0.490 e. The van der Waals surface area contributed by atoms with Crippen molar-refractivity contribution in [2.24, 2.45) is 0 Å². The highest BCUT2D eigenvalue weighted by atomic mass is 19.1. The number of aliphatic hydroxyl groups is 1. The summed E-state index contributed by atoms with van der Waals surface area (Å²) >= 11 is 0. The number of ether oxygens (including phenoxy) is 1. The van der Waals surface area contributed by atoms with Gasteiger partial charge in [-0.1, -0.05) is 0 Å². The van der Waals surface area contributed by atoms with Gasteiger partial charge in [0.25, 0.3) is 0 Å². The fraction of sp³-hybridized carbons (Fsp3) is 0.538. The maximum absolute atomic E-state index is 12.9. The van der Waals surface area contributed by atoms with Crippen molar-refractivity contribution in [3.05, 3.63) is 29.8 Å². The van der Waals surface area contributed by atoms with Gasteiger partial charge in [0.2, 0.25) is 0 Å². The third-order valence-electron chi connectivity index (χ3n) is 2.73. The molecule has 1 fully saturated rings. The van der Waals surface area contributed by atoms with Crippen LogP contribution in [-0.4, -0.2) is 29.9 Å². The van der Waals surface area contributed by atoms with Gasteiger partial charge in [-0.2, -0.15) is 0 Å². The van der Waals surface area contributed by atoms with E-state index in [9.17, 15) is 13.9 Å². The van der Waals surface area contributed by atoms with E-state index < -0.39 is 17.2 Å². The van der Waals surface area contributed by atoms with Gasteiger partial charge in [-0.3, -0.25) is 0 Å². The van der Waals surface area contributed by atoms with Crippen LogP contribution in [0, 0.1) is 11.6 Å². The van der Waals surface area contributed by atoms with Gasteiger partial charge in [-0.05, 0) is 19.8 Å². The Hall–Kier alpha value is -1.20. The Balaban J connectivity index is 1.84. The first-order valence-corrected chi connectivity index (χ1v) is 5.99. The molecule has 2 N–H and O–H groups in total. The van der Waals surface area contributed by atoms with Crippen molar-refractivity contribution in [1.29, 1.82) is 0 Å². The third-order valence-corrected chi connectivity index (χ3v) is 2.73. The summed E-state index contributed by atoms with van der Waals surface area (Å²) in [4.78, 5) is 0. The summed E-state index contributed by atoms with van der Waals surface area (Å²) in [6, 6.07) is 3.45. The van der Waals surface area contributed by atoms with Crippen LogP contribution < -0.4 is 10.1 Å². The van der Waals surface area contributed by atoms with Crippen LogP contribution in [0.4, 0.5) is 8.78 Å². The van der Waals surface area contributed by atoms with Gasteiger partial charge in [-0.25, -0.2) is 8.78 Å². The average molecular weight is 257 g/mol. The summed E-state index contributed by atoms with van der Waals surface area (Å²) in [6.45, 7) is 2.00. The molecule has 1 aliphatic carbocycles. The number of hydrogen-bond acceptors (Lipinski definition) is 3. The molecular formula is C13H17F2NO2. The molecule has 100 valence electrons. The third kappa shape index (κ3) is 4.23. The summed E-state index contributed by atoms with van der Waals surface area (Å²) in [5, 5.41) is 13.2. The topological polar surface area (TPSA) is 41.5 Å². The molecule has 0 radical (unpaired) electrons. The molecule has 1 aromatic rings. The Labute approximate surface area is 105 Å². The van der Waals surface area contributed by atoms with Crippen molar-refractivity contribution in [1.82, 2.24) is 5.32 Å². The van der Waals surface area contributed by atoms with Crippen LogP contribution in [0.1, 0.15) is 19.8 Å². The number of rotatable bonds is 6. The van der Waals surface area contributed by atoms with Gasteiger partial charge in [0.05, 0.1) is 0 Å². The summed E-state index contributed by atoms with van der Waals surface area (Å²) in [5.74, 6) is -1.30. The van der Waals surface area contributed by atoms with Crippen molar-refractivity contribution in [3.63, 3.8) is 0 Å². The monoisotopic (exact) mass is 257 g/mol. The van der Waals surface area contributed by atoms with E-state index >= 15 is 0 Å². The lowest BCUT2D eigenvalue weighted by Gasteiger charge is -2.24. The molecule has 3 nitrogen and oxygen atoms in total. The molecule has 0 aromatic heterocycles. The minimum atomic E-state index is -1.06. The molecule has 0 saturated heterocycles. The van der Waals surface area contributed by atoms with Crippen LogP contribution in [0.3, 0.4) is 0 Å². The normalized spacial score (nSPS) is 18.4. The number of nitrogens with one attached hydrogen (secondary N) is 1. The zero-order valence-corrected chi connectivity index (χ0v) is 10.2. The first-order valence-electron chi connectivity index (χ1n) is 5.99. The van der Waals surface area contributed by atoms with Gasteiger partial charge in [-0.15, -0.1) is 0 Å². The Morgan fingerprint density at radius 2 is 1.94 bits per heavy atom. The van der Waals surface area contributed by atoms with Crippen LogP contribution in [-0.2, 0) is 0 Å². The zero-order valence-electron chi connectivity index (χ0n) is 10.2. The van der Waals surface area contributed by atoms with Crippen LogP contribution in [0.2, 0.25) is 0 Å². The van der Waals surface area contributed by atoms with E-state index in [2.05, 4.69) is 5.32 Å². The van der Waals surface area contributed by atoms with Gasteiger partial charge in [0.1, 0.15) is 29.6 Å². The molecule has 5 heteroatoms. The molecule has 1 atom stereocenters. The van der Waals surface area contributed by atoms with E-state index in [-0.39, 0.29) is 12.4 Å². The molecule has 0 heterocycles. The molecule has 1 unspecified atom stereocenters. The fourth-order valence-electron chi connectivity index (χ4n) is 1.55. The van der Waals surface area contributed by atoms with Crippen molar-refractivity contribution in [3.8, 4) is 5.75 Å². The van der Waals surface area contributed by atoms with Crippen molar-refractivity contribution >= 4 is 0 Å². The quantitative estimate of drug-likeness (QED) is 0.817. The van der Waals surface area contributed by atoms with E-state index in [0.29, 0.717) is 12.6 Å². The minimum Gasteiger partial charge on any atom is -0.490 e. The second-order valence-electron chi connectivity index (χ2n) is 5.05. The fourth-order valence-corrected chi connectivity index (χ4v) is 1.55. The molecule has 1 aliphatic rings. The number of halogens is 2. The molecule has 1 saturated carbocycles. The molecule has 18 heavy (non-hydrogen) atoms. The average Bonchev–Trinajstić information content (AvgIpc) is 3.07. The van der Waals surface area contributed by atoms with Crippen molar-refractivity contribution < 1.29 is 18.6 Å². The predicted molar refractivity (Wildman–Crippen MR) is 63.5 cm³/mol. The maximum Gasteiger partial charge on any atom is 0.129 e. The van der Waals surface area contributed by atoms with Crippen molar-refractivity contribution in [2.75, 3.05) is 13.2 Å². The highest BCUT2D eigenvalue weighted by Crippen LogP contribution is 2.20. The lowest BCUT2D eigenvalue weighted by Crippen LogP contribution is -2.43. The SMILES string of the molecule is CC(O)(CNC1CC1)COc1cc(F)cc(F)c1. The van der Waals surface area contributed by atoms with Crippen LogP contribution in [0.25, 0.3) is 0 Å². The predicted octanol–water partition coefficient (Wildman–Crippen LogP) is 1.85. The Morgan fingerprint density at radius 1 is 1.33 bits per heavy atom. The van der Waals surface area contributed by atoms with E-state index in [1.54, 1.807) is 6.92 Å². The van der Waals surface area contributed by atoms with Crippen molar-refractivity contribution in [2.45, 2.75) is 31.4 Å². The lowest BCUT2D eigenvalue weighted by molar-refractivity contribution is 0.0118. The highest BCUT2D eigenvalue weighted by Gasteiger charge is 2.27. The summed E-state index contributed by atoms with van der Waals surface area (Å²) in [5.41, 5.74) is -1.06. The number of hydrogen-bond donors (Lipinski definition) is 2. The van der Waals surface area contributed by atoms with E-state index in [1.165, 1.54) is 0 Å². The van der Waals surface area contributed by atoms with Gasteiger partial charge >= 0.3 is 0 Å².